The van der Waals surface area contributed by atoms with E-state index in [1.807, 2.05) is 41.8 Å². The number of halogens is 2. The van der Waals surface area contributed by atoms with Crippen molar-refractivity contribution in [2.45, 2.75) is 18.1 Å². The molecule has 5 rings (SSSR count). The lowest BCUT2D eigenvalue weighted by Crippen LogP contribution is -2.55. The van der Waals surface area contributed by atoms with Crippen LogP contribution in [0.25, 0.3) is 17.3 Å². The highest BCUT2D eigenvalue weighted by atomic mass is 35.5. The average Bonchev–Trinajstić information content (AvgIpc) is 3.63. The van der Waals surface area contributed by atoms with Gasteiger partial charge in [0, 0.05) is 31.2 Å². The maximum Gasteiger partial charge on any atom is 0.254 e. The van der Waals surface area contributed by atoms with Gasteiger partial charge >= 0.3 is 0 Å². The molecule has 4 aromatic rings. The van der Waals surface area contributed by atoms with Crippen LogP contribution < -0.4 is 4.74 Å². The summed E-state index contributed by atoms with van der Waals surface area (Å²) in [6.45, 7) is 3.20. The van der Waals surface area contributed by atoms with E-state index in [1.54, 1.807) is 47.4 Å². The normalized spacial score (nSPS) is 15.4. The van der Waals surface area contributed by atoms with Gasteiger partial charge in [-0.25, -0.2) is 0 Å². The molecule has 202 valence electrons. The molecule has 1 unspecified atom stereocenters. The lowest BCUT2D eigenvalue weighted by molar-refractivity contribution is -0.130. The van der Waals surface area contributed by atoms with Crippen LogP contribution >= 0.6 is 35.0 Å². The van der Waals surface area contributed by atoms with Crippen molar-refractivity contribution in [3.8, 4) is 23.0 Å². The molecule has 0 aliphatic carbocycles. The maximum atomic E-state index is 13.2. The fraction of sp³-hybridized carbons (Fsp3) is 0.259. The van der Waals surface area contributed by atoms with E-state index in [0.717, 1.165) is 11.4 Å². The first-order valence-electron chi connectivity index (χ1n) is 12.2. The summed E-state index contributed by atoms with van der Waals surface area (Å²) in [5, 5.41) is 9.96. The van der Waals surface area contributed by atoms with Crippen LogP contribution in [0, 0.1) is 0 Å². The minimum Gasteiger partial charge on any atom is -0.497 e. The van der Waals surface area contributed by atoms with E-state index in [2.05, 4.69) is 10.2 Å². The number of rotatable bonds is 7. The van der Waals surface area contributed by atoms with Crippen molar-refractivity contribution in [2.75, 3.05) is 32.5 Å². The lowest BCUT2D eigenvalue weighted by atomic mass is 10.1. The van der Waals surface area contributed by atoms with E-state index in [1.165, 1.54) is 11.8 Å². The van der Waals surface area contributed by atoms with Gasteiger partial charge in [-0.3, -0.25) is 14.2 Å². The summed E-state index contributed by atoms with van der Waals surface area (Å²) in [4.78, 5) is 29.8. The number of amides is 2. The Morgan fingerprint density at radius 1 is 1.08 bits per heavy atom. The van der Waals surface area contributed by atoms with Crippen LogP contribution in [0.15, 0.2) is 70.4 Å². The maximum absolute atomic E-state index is 13.2. The molecule has 1 aliphatic heterocycles. The van der Waals surface area contributed by atoms with Crippen molar-refractivity contribution in [1.29, 1.82) is 0 Å². The van der Waals surface area contributed by atoms with E-state index >= 15 is 0 Å². The molecule has 1 saturated heterocycles. The van der Waals surface area contributed by atoms with Crippen LogP contribution in [-0.2, 0) is 4.79 Å². The van der Waals surface area contributed by atoms with Crippen molar-refractivity contribution in [1.82, 2.24) is 24.6 Å². The van der Waals surface area contributed by atoms with E-state index in [9.17, 15) is 9.59 Å². The molecule has 0 spiro atoms. The zero-order valence-electron chi connectivity index (χ0n) is 21.2. The van der Waals surface area contributed by atoms with Crippen LogP contribution in [0.4, 0.5) is 0 Å². The second-order valence-corrected chi connectivity index (χ2v) is 10.7. The first-order chi connectivity index (χ1) is 18.9. The van der Waals surface area contributed by atoms with Gasteiger partial charge in [-0.2, -0.15) is 0 Å². The van der Waals surface area contributed by atoms with E-state index in [-0.39, 0.29) is 23.6 Å². The first-order valence-corrected chi connectivity index (χ1v) is 13.9. The molecule has 1 aliphatic rings. The van der Waals surface area contributed by atoms with Crippen molar-refractivity contribution in [3.05, 3.63) is 76.5 Å². The highest BCUT2D eigenvalue weighted by molar-refractivity contribution is 7.99. The SMILES string of the molecule is COc1ccc(-n2c(SCC(=O)N3CCN(C(=O)c4ccc(Cl)c(Cl)c4)C(C)C3)nnc2-c2ccco2)cc1. The molecule has 2 amide bonds. The number of carbonyl (C=O) groups is 2. The topological polar surface area (TPSA) is 93.7 Å². The predicted octanol–water partition coefficient (Wildman–Crippen LogP) is 5.31. The van der Waals surface area contributed by atoms with Gasteiger partial charge in [-0.05, 0) is 61.5 Å². The number of benzene rings is 2. The Balaban J connectivity index is 1.27. The Labute approximate surface area is 239 Å². The number of piperazine rings is 1. The Morgan fingerprint density at radius 2 is 1.87 bits per heavy atom. The molecule has 9 nitrogen and oxygen atoms in total. The number of aromatic nitrogens is 3. The van der Waals surface area contributed by atoms with Crippen LogP contribution in [0.5, 0.6) is 5.75 Å². The van der Waals surface area contributed by atoms with Gasteiger partial charge in [-0.1, -0.05) is 35.0 Å². The summed E-state index contributed by atoms with van der Waals surface area (Å²) in [6.07, 6.45) is 1.58. The Bertz CT molecular complexity index is 1480. The van der Waals surface area contributed by atoms with Crippen molar-refractivity contribution in [3.63, 3.8) is 0 Å². The number of hydrogen-bond donors (Lipinski definition) is 0. The molecule has 0 saturated carbocycles. The third-order valence-electron chi connectivity index (χ3n) is 6.44. The van der Waals surface area contributed by atoms with E-state index < -0.39 is 0 Å². The smallest absolute Gasteiger partial charge is 0.254 e. The second-order valence-electron chi connectivity index (χ2n) is 8.92. The van der Waals surface area contributed by atoms with Crippen LogP contribution in [0.2, 0.25) is 10.0 Å². The van der Waals surface area contributed by atoms with Crippen molar-refractivity contribution in [2.24, 2.45) is 0 Å². The molecule has 12 heteroatoms. The Hall–Kier alpha value is -3.47. The summed E-state index contributed by atoms with van der Waals surface area (Å²) < 4.78 is 12.7. The summed E-state index contributed by atoms with van der Waals surface area (Å²) in [5.74, 6) is 1.80. The Kier molecular flexibility index (Phi) is 8.15. The zero-order valence-corrected chi connectivity index (χ0v) is 23.5. The fourth-order valence-electron chi connectivity index (χ4n) is 4.39. The van der Waals surface area contributed by atoms with Gasteiger partial charge in [0.15, 0.2) is 10.9 Å². The van der Waals surface area contributed by atoms with E-state index in [0.29, 0.717) is 52.0 Å². The highest BCUT2D eigenvalue weighted by Gasteiger charge is 2.31. The number of furan rings is 1. The van der Waals surface area contributed by atoms with Gasteiger partial charge in [0.05, 0.1) is 34.9 Å². The third kappa shape index (κ3) is 5.78. The predicted molar refractivity (Wildman–Crippen MR) is 150 cm³/mol. The lowest BCUT2D eigenvalue weighted by Gasteiger charge is -2.40. The van der Waals surface area contributed by atoms with Gasteiger partial charge in [-0.15, -0.1) is 10.2 Å². The largest absolute Gasteiger partial charge is 0.497 e. The number of carbonyl (C=O) groups excluding carboxylic acids is 2. The Morgan fingerprint density at radius 3 is 2.54 bits per heavy atom. The van der Waals surface area contributed by atoms with Gasteiger partial charge in [0.2, 0.25) is 11.7 Å². The first kappa shape index (κ1) is 27.1. The number of nitrogens with zero attached hydrogens (tertiary/aromatic N) is 5. The molecule has 1 atom stereocenters. The van der Waals surface area contributed by atoms with Crippen LogP contribution in [-0.4, -0.2) is 74.9 Å². The van der Waals surface area contributed by atoms with E-state index in [4.69, 9.17) is 32.4 Å². The quantitative estimate of drug-likeness (QED) is 0.271. The zero-order chi connectivity index (χ0) is 27.5. The molecule has 39 heavy (non-hydrogen) atoms. The highest BCUT2D eigenvalue weighted by Crippen LogP contribution is 2.30. The number of ether oxygens (including phenoxy) is 1. The molecule has 3 heterocycles. The van der Waals surface area contributed by atoms with Crippen molar-refractivity contribution < 1.29 is 18.7 Å². The van der Waals surface area contributed by atoms with Crippen LogP contribution in [0.3, 0.4) is 0 Å². The molecular weight excluding hydrogens is 561 g/mol. The second kappa shape index (κ2) is 11.7. The van der Waals surface area contributed by atoms with Gasteiger partial charge < -0.3 is 19.0 Å². The van der Waals surface area contributed by atoms with Crippen LogP contribution in [0.1, 0.15) is 17.3 Å². The molecule has 1 fully saturated rings. The minimum atomic E-state index is -0.164. The standard InChI is InChI=1S/C27H25Cl2N5O4S/c1-17-15-32(11-12-33(17)26(36)18-5-10-21(28)22(29)14-18)24(35)16-39-27-31-30-25(23-4-3-13-38-23)34(27)19-6-8-20(37-2)9-7-19/h3-10,13-14,17H,11-12,15-16H2,1-2H3. The van der Waals surface area contributed by atoms with Gasteiger partial charge in [0.25, 0.3) is 5.91 Å². The number of thioether (sulfide) groups is 1. The molecule has 0 radical (unpaired) electrons. The average molecular weight is 587 g/mol. The number of methoxy groups -OCH3 is 1. The summed E-state index contributed by atoms with van der Waals surface area (Å²) in [7, 11) is 1.61. The molecule has 2 aromatic heterocycles. The number of hydrogen-bond acceptors (Lipinski definition) is 7. The molecule has 0 N–H and O–H groups in total. The summed E-state index contributed by atoms with van der Waals surface area (Å²) in [6, 6.07) is 15.8. The molecule has 0 bridgehead atoms. The van der Waals surface area contributed by atoms with Crippen molar-refractivity contribution >= 4 is 46.8 Å². The minimum absolute atomic E-state index is 0.0442. The summed E-state index contributed by atoms with van der Waals surface area (Å²) >= 11 is 13.4. The summed E-state index contributed by atoms with van der Waals surface area (Å²) in [5.41, 5.74) is 1.28. The third-order valence-corrected chi connectivity index (χ3v) is 8.09. The fourth-order valence-corrected chi connectivity index (χ4v) is 5.54. The van der Waals surface area contributed by atoms with Gasteiger partial charge in [0.1, 0.15) is 5.75 Å². The molecule has 2 aromatic carbocycles. The monoisotopic (exact) mass is 585 g/mol. The molecular formula is C27H25Cl2N5O4S.